The van der Waals surface area contributed by atoms with E-state index < -0.39 is 5.97 Å². The Morgan fingerprint density at radius 3 is 3.06 bits per heavy atom. The fourth-order valence-electron chi connectivity index (χ4n) is 1.22. The molecule has 0 aliphatic heterocycles. The number of carbonyl (C=O) groups excluding carboxylic acids is 1. The van der Waals surface area contributed by atoms with Crippen LogP contribution in [0.4, 0.5) is 5.82 Å². The number of aromatic nitrogens is 1. The third kappa shape index (κ3) is 2.74. The molecule has 1 unspecified atom stereocenters. The molecule has 0 fully saturated rings. The number of terminal acetylenes is 1. The minimum Gasteiger partial charge on any atom is -0.465 e. The summed E-state index contributed by atoms with van der Waals surface area (Å²) in [5.74, 6) is 2.61. The monoisotopic (exact) mass is 218 g/mol. The van der Waals surface area contributed by atoms with Crippen LogP contribution in [0.1, 0.15) is 23.7 Å². The second kappa shape index (κ2) is 5.76. The Kier molecular flexibility index (Phi) is 4.34. The molecular formula is C12H14N2O2. The van der Waals surface area contributed by atoms with E-state index in [0.29, 0.717) is 11.4 Å². The molecule has 0 bridgehead atoms. The Morgan fingerprint density at radius 2 is 2.50 bits per heavy atom. The summed E-state index contributed by atoms with van der Waals surface area (Å²) in [5, 5.41) is 3.01. The smallest absolute Gasteiger partial charge is 0.341 e. The number of nitrogens with one attached hydrogen (secondary N) is 1. The van der Waals surface area contributed by atoms with Gasteiger partial charge >= 0.3 is 5.97 Å². The van der Waals surface area contributed by atoms with Gasteiger partial charge in [0.25, 0.3) is 0 Å². The van der Waals surface area contributed by atoms with Crippen molar-refractivity contribution in [1.29, 1.82) is 0 Å². The molecule has 0 saturated heterocycles. The molecule has 0 aliphatic rings. The number of nitrogens with zero attached hydrogens (tertiary/aromatic N) is 1. The van der Waals surface area contributed by atoms with Gasteiger partial charge in [0.2, 0.25) is 0 Å². The van der Waals surface area contributed by atoms with E-state index in [1.54, 1.807) is 18.3 Å². The summed E-state index contributed by atoms with van der Waals surface area (Å²) in [5.41, 5.74) is 0.388. The Hall–Kier alpha value is -2.02. The van der Waals surface area contributed by atoms with Crippen molar-refractivity contribution in [2.45, 2.75) is 19.4 Å². The van der Waals surface area contributed by atoms with Gasteiger partial charge < -0.3 is 10.1 Å². The lowest BCUT2D eigenvalue weighted by Crippen LogP contribution is -2.19. The van der Waals surface area contributed by atoms with E-state index in [4.69, 9.17) is 6.42 Å². The summed E-state index contributed by atoms with van der Waals surface area (Å²) in [7, 11) is 1.33. The molecule has 1 atom stereocenters. The molecule has 0 radical (unpaired) electrons. The first-order valence-corrected chi connectivity index (χ1v) is 4.99. The van der Waals surface area contributed by atoms with Crippen LogP contribution in [-0.2, 0) is 4.74 Å². The average Bonchev–Trinajstić information content (AvgIpc) is 2.35. The Morgan fingerprint density at radius 1 is 1.75 bits per heavy atom. The van der Waals surface area contributed by atoms with Gasteiger partial charge in [0.15, 0.2) is 0 Å². The van der Waals surface area contributed by atoms with Gasteiger partial charge in [-0.05, 0) is 18.6 Å². The summed E-state index contributed by atoms with van der Waals surface area (Å²) < 4.78 is 4.66. The summed E-state index contributed by atoms with van der Waals surface area (Å²) in [6.07, 6.45) is 7.69. The minimum atomic E-state index is -0.428. The van der Waals surface area contributed by atoms with Gasteiger partial charge in [-0.2, -0.15) is 0 Å². The average molecular weight is 218 g/mol. The number of esters is 1. The molecule has 0 spiro atoms. The summed E-state index contributed by atoms with van der Waals surface area (Å²) in [6.45, 7) is 1.96. The van der Waals surface area contributed by atoms with Crippen LogP contribution in [0.2, 0.25) is 0 Å². The van der Waals surface area contributed by atoms with Crippen LogP contribution in [0, 0.1) is 12.3 Å². The van der Waals surface area contributed by atoms with E-state index >= 15 is 0 Å². The Bertz CT molecular complexity index is 410. The van der Waals surface area contributed by atoms with Gasteiger partial charge in [0.05, 0.1) is 13.2 Å². The number of ether oxygens (including phenoxy) is 1. The van der Waals surface area contributed by atoms with E-state index in [1.165, 1.54) is 7.11 Å². The molecule has 1 aromatic heterocycles. The number of methoxy groups -OCH3 is 1. The van der Waals surface area contributed by atoms with Crippen LogP contribution in [0.3, 0.4) is 0 Å². The second-order valence-corrected chi connectivity index (χ2v) is 3.16. The van der Waals surface area contributed by atoms with Crippen molar-refractivity contribution in [3.63, 3.8) is 0 Å². The SMILES string of the molecule is C#CC(CC)Nc1ncccc1C(=O)OC. The maximum atomic E-state index is 11.4. The molecule has 0 aliphatic carbocycles. The standard InChI is InChI=1S/C12H14N2O2/c1-4-9(5-2)14-11-10(12(15)16-3)7-6-8-13-11/h1,6-9H,5H2,2-3H3,(H,13,14). The molecule has 1 N–H and O–H groups in total. The third-order valence-corrected chi connectivity index (χ3v) is 2.13. The second-order valence-electron chi connectivity index (χ2n) is 3.16. The highest BCUT2D eigenvalue weighted by atomic mass is 16.5. The molecule has 1 rings (SSSR count). The molecule has 84 valence electrons. The van der Waals surface area contributed by atoms with Crippen molar-refractivity contribution in [3.8, 4) is 12.3 Å². The van der Waals surface area contributed by atoms with Crippen LogP contribution in [0.5, 0.6) is 0 Å². The van der Waals surface area contributed by atoms with Crippen LogP contribution in [0.15, 0.2) is 18.3 Å². The molecule has 0 saturated carbocycles. The highest BCUT2D eigenvalue weighted by Gasteiger charge is 2.13. The number of carbonyl (C=O) groups is 1. The zero-order chi connectivity index (χ0) is 12.0. The number of rotatable bonds is 4. The maximum Gasteiger partial charge on any atom is 0.341 e. The lowest BCUT2D eigenvalue weighted by Gasteiger charge is -2.13. The maximum absolute atomic E-state index is 11.4. The summed E-state index contributed by atoms with van der Waals surface area (Å²) >= 11 is 0. The zero-order valence-corrected chi connectivity index (χ0v) is 9.36. The number of anilines is 1. The van der Waals surface area contributed by atoms with Crippen molar-refractivity contribution < 1.29 is 9.53 Å². The van der Waals surface area contributed by atoms with E-state index in [1.807, 2.05) is 6.92 Å². The predicted molar refractivity (Wildman–Crippen MR) is 62.1 cm³/mol. The van der Waals surface area contributed by atoms with Crippen LogP contribution >= 0.6 is 0 Å². The van der Waals surface area contributed by atoms with Crippen molar-refractivity contribution >= 4 is 11.8 Å². The first kappa shape index (κ1) is 12.1. The van der Waals surface area contributed by atoms with Crippen LogP contribution < -0.4 is 5.32 Å². The molecule has 4 heteroatoms. The van der Waals surface area contributed by atoms with E-state index in [9.17, 15) is 4.79 Å². The molecule has 16 heavy (non-hydrogen) atoms. The van der Waals surface area contributed by atoms with Gasteiger partial charge in [-0.15, -0.1) is 6.42 Å². The van der Waals surface area contributed by atoms with Gasteiger partial charge in [-0.3, -0.25) is 0 Å². The predicted octanol–water partition coefficient (Wildman–Crippen LogP) is 1.69. The fourth-order valence-corrected chi connectivity index (χ4v) is 1.22. The fraction of sp³-hybridized carbons (Fsp3) is 0.333. The highest BCUT2D eigenvalue weighted by molar-refractivity contribution is 5.94. The largest absolute Gasteiger partial charge is 0.465 e. The van der Waals surface area contributed by atoms with Gasteiger partial charge in [-0.1, -0.05) is 12.8 Å². The number of pyridine rings is 1. The van der Waals surface area contributed by atoms with Gasteiger partial charge in [-0.25, -0.2) is 9.78 Å². The normalized spacial score (nSPS) is 11.3. The molecule has 0 amide bonds. The van der Waals surface area contributed by atoms with Crippen LogP contribution in [-0.4, -0.2) is 24.1 Å². The first-order valence-electron chi connectivity index (χ1n) is 4.99. The van der Waals surface area contributed by atoms with Crippen molar-refractivity contribution in [2.24, 2.45) is 0 Å². The molecule has 1 aromatic rings. The van der Waals surface area contributed by atoms with E-state index in [2.05, 4.69) is 21.0 Å². The molecule has 4 nitrogen and oxygen atoms in total. The van der Waals surface area contributed by atoms with Crippen molar-refractivity contribution in [2.75, 3.05) is 12.4 Å². The van der Waals surface area contributed by atoms with Crippen LogP contribution in [0.25, 0.3) is 0 Å². The highest BCUT2D eigenvalue weighted by Crippen LogP contribution is 2.14. The van der Waals surface area contributed by atoms with E-state index in [0.717, 1.165) is 6.42 Å². The number of hydrogen-bond acceptors (Lipinski definition) is 4. The zero-order valence-electron chi connectivity index (χ0n) is 9.36. The molecule has 0 aromatic carbocycles. The van der Waals surface area contributed by atoms with Gasteiger partial charge in [0.1, 0.15) is 11.4 Å². The first-order chi connectivity index (χ1) is 7.72. The Labute approximate surface area is 95.0 Å². The van der Waals surface area contributed by atoms with E-state index in [-0.39, 0.29) is 6.04 Å². The third-order valence-electron chi connectivity index (χ3n) is 2.13. The Balaban J connectivity index is 2.96. The lowest BCUT2D eigenvalue weighted by molar-refractivity contribution is 0.0601. The summed E-state index contributed by atoms with van der Waals surface area (Å²) in [4.78, 5) is 15.5. The van der Waals surface area contributed by atoms with Crippen molar-refractivity contribution in [1.82, 2.24) is 4.98 Å². The summed E-state index contributed by atoms with van der Waals surface area (Å²) in [6, 6.07) is 3.18. The van der Waals surface area contributed by atoms with Gasteiger partial charge in [0, 0.05) is 6.20 Å². The molecular weight excluding hydrogens is 204 g/mol. The topological polar surface area (TPSA) is 51.2 Å². The lowest BCUT2D eigenvalue weighted by atomic mass is 10.2. The quantitative estimate of drug-likeness (QED) is 0.617. The van der Waals surface area contributed by atoms with Crippen molar-refractivity contribution in [3.05, 3.63) is 23.9 Å². The molecule has 1 heterocycles. The minimum absolute atomic E-state index is 0.140. The number of hydrogen-bond donors (Lipinski definition) is 1.